The summed E-state index contributed by atoms with van der Waals surface area (Å²) in [6.07, 6.45) is 3.34. The van der Waals surface area contributed by atoms with Gasteiger partial charge in [-0.1, -0.05) is 6.07 Å². The summed E-state index contributed by atoms with van der Waals surface area (Å²) in [6.45, 7) is 6.77. The van der Waals surface area contributed by atoms with Gasteiger partial charge in [0.2, 0.25) is 0 Å². The molecule has 0 aliphatic heterocycles. The van der Waals surface area contributed by atoms with Crippen LogP contribution in [0.25, 0.3) is 11.0 Å². The molecule has 132 valence electrons. The van der Waals surface area contributed by atoms with Gasteiger partial charge in [-0.3, -0.25) is 0 Å². The lowest BCUT2D eigenvalue weighted by Gasteiger charge is -2.19. The number of aromatic nitrogens is 4. The van der Waals surface area contributed by atoms with Gasteiger partial charge in [-0.2, -0.15) is 5.10 Å². The predicted molar refractivity (Wildman–Crippen MR) is 97.3 cm³/mol. The van der Waals surface area contributed by atoms with Gasteiger partial charge in [-0.15, -0.1) is 0 Å². The second-order valence-corrected chi connectivity index (χ2v) is 6.77. The van der Waals surface area contributed by atoms with Crippen molar-refractivity contribution in [3.8, 4) is 5.75 Å². The lowest BCUT2D eigenvalue weighted by atomic mass is 10.1. The van der Waals surface area contributed by atoms with Crippen LogP contribution in [0.15, 0.2) is 30.7 Å². The van der Waals surface area contributed by atoms with E-state index >= 15 is 0 Å². The monoisotopic (exact) mass is 341 g/mol. The maximum atomic E-state index is 5.44. The number of hydrogen-bond donors (Lipinski definition) is 1. The van der Waals surface area contributed by atoms with E-state index < -0.39 is 0 Å². The van der Waals surface area contributed by atoms with Crippen molar-refractivity contribution in [2.75, 3.05) is 19.5 Å². The van der Waals surface area contributed by atoms with Crippen molar-refractivity contribution < 1.29 is 9.47 Å². The molecule has 0 unspecified atom stereocenters. The normalized spacial score (nSPS) is 11.7. The minimum Gasteiger partial charge on any atom is -0.496 e. The molecule has 1 aromatic carbocycles. The molecule has 0 aliphatic rings. The van der Waals surface area contributed by atoms with Crippen molar-refractivity contribution in [3.05, 3.63) is 36.3 Å². The van der Waals surface area contributed by atoms with Gasteiger partial charge in [-0.05, 0) is 26.8 Å². The molecule has 2 heterocycles. The van der Waals surface area contributed by atoms with Crippen molar-refractivity contribution >= 4 is 22.5 Å². The summed E-state index contributed by atoms with van der Waals surface area (Å²) in [7, 11) is 3.31. The summed E-state index contributed by atoms with van der Waals surface area (Å²) in [5, 5.41) is 8.68. The van der Waals surface area contributed by atoms with Crippen LogP contribution in [0.2, 0.25) is 0 Å². The lowest BCUT2D eigenvalue weighted by Crippen LogP contribution is -2.23. The third-order valence-electron chi connectivity index (χ3n) is 3.85. The number of nitrogens with zero attached hydrogens (tertiary/aromatic N) is 4. The molecule has 2 aromatic heterocycles. The predicted octanol–water partition coefficient (Wildman–Crippen LogP) is 3.48. The molecule has 0 radical (unpaired) electrons. The first kappa shape index (κ1) is 17.2. The van der Waals surface area contributed by atoms with Crippen molar-refractivity contribution in [2.45, 2.75) is 32.9 Å². The molecule has 7 nitrogen and oxygen atoms in total. The zero-order valence-corrected chi connectivity index (χ0v) is 15.2. The minimum atomic E-state index is -0.154. The van der Waals surface area contributed by atoms with Crippen molar-refractivity contribution in [3.63, 3.8) is 0 Å². The van der Waals surface area contributed by atoms with E-state index in [1.54, 1.807) is 26.7 Å². The van der Waals surface area contributed by atoms with E-state index in [1.807, 2.05) is 22.9 Å². The standard InChI is InChI=1S/C18H23N5O2/c1-18(2,3)23-17-14(9-21-23)16(19-11-20-17)22-13-7-6-12(10-24-4)15(8-13)25-5/h6-9,11H,10H2,1-5H3,(H,19,20,22). The van der Waals surface area contributed by atoms with E-state index in [0.29, 0.717) is 12.4 Å². The average Bonchev–Trinajstić information content (AvgIpc) is 3.02. The zero-order valence-electron chi connectivity index (χ0n) is 15.2. The van der Waals surface area contributed by atoms with Gasteiger partial charge in [0.15, 0.2) is 5.65 Å². The molecule has 0 amide bonds. The number of ether oxygens (including phenoxy) is 2. The van der Waals surface area contributed by atoms with E-state index in [-0.39, 0.29) is 5.54 Å². The molecular weight excluding hydrogens is 318 g/mol. The largest absolute Gasteiger partial charge is 0.496 e. The van der Waals surface area contributed by atoms with Crippen LogP contribution in [0.3, 0.4) is 0 Å². The Morgan fingerprint density at radius 3 is 2.64 bits per heavy atom. The summed E-state index contributed by atoms with van der Waals surface area (Å²) < 4.78 is 12.5. The molecule has 3 aromatic rings. The van der Waals surface area contributed by atoms with E-state index in [0.717, 1.165) is 28.0 Å². The Hall–Kier alpha value is -2.67. The van der Waals surface area contributed by atoms with Crippen molar-refractivity contribution in [1.29, 1.82) is 0 Å². The molecule has 25 heavy (non-hydrogen) atoms. The average molecular weight is 341 g/mol. The topological polar surface area (TPSA) is 74.1 Å². The molecule has 0 atom stereocenters. The number of nitrogens with one attached hydrogen (secondary N) is 1. The fraction of sp³-hybridized carbons (Fsp3) is 0.389. The Labute approximate surface area is 147 Å². The smallest absolute Gasteiger partial charge is 0.163 e. The molecule has 0 aliphatic carbocycles. The maximum Gasteiger partial charge on any atom is 0.163 e. The fourth-order valence-corrected chi connectivity index (χ4v) is 2.67. The SMILES string of the molecule is COCc1ccc(Nc2ncnc3c2cnn3C(C)(C)C)cc1OC. The first-order chi connectivity index (χ1) is 11.9. The highest BCUT2D eigenvalue weighted by atomic mass is 16.5. The van der Waals surface area contributed by atoms with Crippen LogP contribution in [0, 0.1) is 0 Å². The van der Waals surface area contributed by atoms with Crippen LogP contribution in [-0.4, -0.2) is 34.0 Å². The molecule has 1 N–H and O–H groups in total. The van der Waals surface area contributed by atoms with Crippen molar-refractivity contribution in [1.82, 2.24) is 19.7 Å². The molecular formula is C18H23N5O2. The quantitative estimate of drug-likeness (QED) is 0.766. The van der Waals surface area contributed by atoms with Gasteiger partial charge in [0.1, 0.15) is 17.9 Å². The summed E-state index contributed by atoms with van der Waals surface area (Å²) in [5.41, 5.74) is 2.51. The third-order valence-corrected chi connectivity index (χ3v) is 3.85. The fourth-order valence-electron chi connectivity index (χ4n) is 2.67. The molecule has 3 rings (SSSR count). The number of rotatable bonds is 5. The molecule has 0 fully saturated rings. The van der Waals surface area contributed by atoms with Gasteiger partial charge in [0.25, 0.3) is 0 Å². The third kappa shape index (κ3) is 3.41. The zero-order chi connectivity index (χ0) is 18.0. The van der Waals surface area contributed by atoms with Crippen molar-refractivity contribution in [2.24, 2.45) is 0 Å². The Morgan fingerprint density at radius 2 is 1.96 bits per heavy atom. The number of methoxy groups -OCH3 is 2. The Balaban J connectivity index is 1.97. The highest BCUT2D eigenvalue weighted by Gasteiger charge is 2.19. The van der Waals surface area contributed by atoms with Crippen LogP contribution < -0.4 is 10.1 Å². The molecule has 0 saturated heterocycles. The number of benzene rings is 1. The Kier molecular flexibility index (Phi) is 4.59. The van der Waals surface area contributed by atoms with Gasteiger partial charge in [0.05, 0.1) is 30.8 Å². The lowest BCUT2D eigenvalue weighted by molar-refractivity contribution is 0.181. The molecule has 0 bridgehead atoms. The summed E-state index contributed by atoms with van der Waals surface area (Å²) in [4.78, 5) is 8.76. The second-order valence-electron chi connectivity index (χ2n) is 6.77. The van der Waals surface area contributed by atoms with Gasteiger partial charge >= 0.3 is 0 Å². The highest BCUT2D eigenvalue weighted by molar-refractivity contribution is 5.88. The maximum absolute atomic E-state index is 5.44. The van der Waals surface area contributed by atoms with Crippen LogP contribution in [0.1, 0.15) is 26.3 Å². The molecule has 7 heteroatoms. The number of anilines is 2. The number of hydrogen-bond acceptors (Lipinski definition) is 6. The van der Waals surface area contributed by atoms with E-state index in [1.165, 1.54) is 0 Å². The van der Waals surface area contributed by atoms with Gasteiger partial charge in [-0.25, -0.2) is 14.6 Å². The summed E-state index contributed by atoms with van der Waals surface area (Å²) in [6, 6.07) is 5.87. The van der Waals surface area contributed by atoms with E-state index in [2.05, 4.69) is 41.2 Å². The van der Waals surface area contributed by atoms with Crippen LogP contribution in [0.4, 0.5) is 11.5 Å². The second kappa shape index (κ2) is 6.68. The highest BCUT2D eigenvalue weighted by Crippen LogP contribution is 2.29. The minimum absolute atomic E-state index is 0.154. The van der Waals surface area contributed by atoms with E-state index in [4.69, 9.17) is 9.47 Å². The Morgan fingerprint density at radius 1 is 1.16 bits per heavy atom. The molecule has 0 saturated carbocycles. The molecule has 0 spiro atoms. The first-order valence-electron chi connectivity index (χ1n) is 8.06. The summed E-state index contributed by atoms with van der Waals surface area (Å²) in [5.74, 6) is 1.48. The first-order valence-corrected chi connectivity index (χ1v) is 8.06. The van der Waals surface area contributed by atoms with Gasteiger partial charge in [0, 0.05) is 24.4 Å². The van der Waals surface area contributed by atoms with Crippen LogP contribution in [0.5, 0.6) is 5.75 Å². The summed E-state index contributed by atoms with van der Waals surface area (Å²) >= 11 is 0. The van der Waals surface area contributed by atoms with Crippen LogP contribution >= 0.6 is 0 Å². The van der Waals surface area contributed by atoms with Crippen LogP contribution in [-0.2, 0) is 16.9 Å². The Bertz CT molecular complexity index is 883. The van der Waals surface area contributed by atoms with E-state index in [9.17, 15) is 0 Å². The number of fused-ring (bicyclic) bond motifs is 1. The van der Waals surface area contributed by atoms with Gasteiger partial charge < -0.3 is 14.8 Å².